The number of pyridine rings is 1. The van der Waals surface area contributed by atoms with Crippen LogP contribution in [0.3, 0.4) is 0 Å². The minimum Gasteiger partial charge on any atom is -0.476 e. The molecule has 14 heteroatoms. The van der Waals surface area contributed by atoms with Gasteiger partial charge in [0.25, 0.3) is 10.2 Å². The summed E-state index contributed by atoms with van der Waals surface area (Å²) in [5.41, 5.74) is 6.66. The number of halogens is 3. The number of aromatic nitrogens is 1. The van der Waals surface area contributed by atoms with E-state index in [0.29, 0.717) is 63.7 Å². The molecule has 0 bridgehead atoms. The van der Waals surface area contributed by atoms with Gasteiger partial charge in [0.1, 0.15) is 6.61 Å². The van der Waals surface area contributed by atoms with Gasteiger partial charge in [0.2, 0.25) is 5.88 Å². The van der Waals surface area contributed by atoms with Gasteiger partial charge in [-0.2, -0.15) is 30.2 Å². The average molecular weight is 553 g/mol. The minimum absolute atomic E-state index is 0.173. The molecular formula is C23H35F3N4O6S. The predicted octanol–water partition coefficient (Wildman–Crippen LogP) is 2.40. The summed E-state index contributed by atoms with van der Waals surface area (Å²) in [6, 6.07) is 3.51. The molecule has 1 aromatic rings. The standard InChI is InChI=1S/C21H34N4O4S.C2HF3O2/c22-14-17-6-7-23-21(12-17)29-16-20-13-19(18-4-2-1-3-5-18)15-25(20)30(26,27)24-8-10-28-11-9-24;3-2(4,5)1(6)7/h6-7,12,18-20H,1-5,8-11,13-16,22H2;(H,6,7)/t19-,20+;/m0./s1. The number of hydrogen-bond acceptors (Lipinski definition) is 7. The Hall–Kier alpha value is -2.00. The summed E-state index contributed by atoms with van der Waals surface area (Å²) >= 11 is 0. The van der Waals surface area contributed by atoms with Crippen molar-refractivity contribution in [2.24, 2.45) is 17.6 Å². The maximum Gasteiger partial charge on any atom is 0.490 e. The summed E-state index contributed by atoms with van der Waals surface area (Å²) in [5, 5.41) is 7.12. The summed E-state index contributed by atoms with van der Waals surface area (Å²) in [5.74, 6) is -1.24. The van der Waals surface area contributed by atoms with Crippen LogP contribution < -0.4 is 10.5 Å². The number of rotatable bonds is 7. The molecule has 0 radical (unpaired) electrons. The molecule has 210 valence electrons. The van der Waals surface area contributed by atoms with Crippen molar-refractivity contribution in [2.45, 2.75) is 57.3 Å². The molecule has 4 rings (SSSR count). The van der Waals surface area contributed by atoms with Crippen LogP contribution in [0.1, 0.15) is 44.1 Å². The normalized spacial score (nSPS) is 24.3. The lowest BCUT2D eigenvalue weighted by Crippen LogP contribution is -2.51. The summed E-state index contributed by atoms with van der Waals surface area (Å²) in [6.45, 7) is 3.07. The van der Waals surface area contributed by atoms with Crippen LogP contribution in [-0.4, -0.2) is 84.8 Å². The maximum atomic E-state index is 13.4. The highest BCUT2D eigenvalue weighted by Crippen LogP contribution is 2.39. The lowest BCUT2D eigenvalue weighted by atomic mass is 9.79. The first kappa shape index (κ1) is 29.6. The lowest BCUT2D eigenvalue weighted by Gasteiger charge is -2.33. The van der Waals surface area contributed by atoms with Crippen LogP contribution in [0.5, 0.6) is 5.88 Å². The van der Waals surface area contributed by atoms with E-state index in [2.05, 4.69) is 4.98 Å². The van der Waals surface area contributed by atoms with E-state index in [1.165, 1.54) is 32.1 Å². The van der Waals surface area contributed by atoms with Gasteiger partial charge >= 0.3 is 12.1 Å². The van der Waals surface area contributed by atoms with E-state index in [1.807, 2.05) is 12.1 Å². The summed E-state index contributed by atoms with van der Waals surface area (Å²) < 4.78 is 73.2. The fourth-order valence-corrected chi connectivity index (χ4v) is 6.88. The van der Waals surface area contributed by atoms with Crippen LogP contribution in [0.2, 0.25) is 0 Å². The first-order valence-electron chi connectivity index (χ1n) is 12.4. The van der Waals surface area contributed by atoms with E-state index in [-0.39, 0.29) is 6.04 Å². The van der Waals surface area contributed by atoms with E-state index in [9.17, 15) is 21.6 Å². The largest absolute Gasteiger partial charge is 0.490 e. The fourth-order valence-electron chi connectivity index (χ4n) is 5.07. The summed E-state index contributed by atoms with van der Waals surface area (Å²) in [7, 11) is -3.53. The van der Waals surface area contributed by atoms with E-state index in [0.717, 1.165) is 12.0 Å². The number of carboxylic acid groups (broad SMARTS) is 1. The first-order chi connectivity index (χ1) is 17.5. The van der Waals surface area contributed by atoms with E-state index >= 15 is 0 Å². The molecule has 10 nitrogen and oxygen atoms in total. The van der Waals surface area contributed by atoms with Gasteiger partial charge < -0.3 is 20.3 Å². The third-order valence-corrected chi connectivity index (χ3v) is 9.06. The Bertz CT molecular complexity index is 985. The van der Waals surface area contributed by atoms with Gasteiger partial charge in [0.05, 0.1) is 19.3 Å². The van der Waals surface area contributed by atoms with Crippen molar-refractivity contribution in [3.05, 3.63) is 23.9 Å². The van der Waals surface area contributed by atoms with Gasteiger partial charge in [-0.1, -0.05) is 32.1 Å². The zero-order valence-electron chi connectivity index (χ0n) is 20.6. The zero-order chi connectivity index (χ0) is 27.1. The quantitative estimate of drug-likeness (QED) is 0.527. The van der Waals surface area contributed by atoms with Crippen molar-refractivity contribution in [3.8, 4) is 5.88 Å². The van der Waals surface area contributed by atoms with Crippen molar-refractivity contribution in [2.75, 3.05) is 39.5 Å². The van der Waals surface area contributed by atoms with Gasteiger partial charge in [-0.05, 0) is 29.9 Å². The number of carbonyl (C=O) groups is 1. The van der Waals surface area contributed by atoms with Gasteiger partial charge in [0.15, 0.2) is 0 Å². The molecule has 0 aromatic carbocycles. The van der Waals surface area contributed by atoms with Crippen LogP contribution in [0.15, 0.2) is 18.3 Å². The Balaban J connectivity index is 0.000000479. The van der Waals surface area contributed by atoms with Gasteiger partial charge in [0, 0.05) is 38.4 Å². The number of nitrogens with two attached hydrogens (primary N) is 1. The third kappa shape index (κ3) is 8.24. The molecule has 2 aliphatic heterocycles. The van der Waals surface area contributed by atoms with Crippen molar-refractivity contribution < 1.29 is 41.0 Å². The predicted molar refractivity (Wildman–Crippen MR) is 128 cm³/mol. The van der Waals surface area contributed by atoms with Crippen LogP contribution in [0, 0.1) is 11.8 Å². The highest BCUT2D eigenvalue weighted by molar-refractivity contribution is 7.86. The molecule has 2 saturated heterocycles. The van der Waals surface area contributed by atoms with Crippen LogP contribution in [-0.2, 0) is 26.3 Å². The molecule has 3 fully saturated rings. The fraction of sp³-hybridized carbons (Fsp3) is 0.739. The van der Waals surface area contributed by atoms with Gasteiger partial charge in [-0.3, -0.25) is 0 Å². The number of ether oxygens (including phenoxy) is 2. The number of hydrogen-bond donors (Lipinski definition) is 2. The Labute approximate surface area is 215 Å². The maximum absolute atomic E-state index is 13.4. The zero-order valence-corrected chi connectivity index (χ0v) is 21.4. The molecule has 0 unspecified atom stereocenters. The molecule has 37 heavy (non-hydrogen) atoms. The number of alkyl halides is 3. The van der Waals surface area contributed by atoms with E-state index < -0.39 is 22.4 Å². The number of aliphatic carboxylic acids is 1. The number of nitrogens with zero attached hydrogens (tertiary/aromatic N) is 3. The second-order valence-electron chi connectivity index (χ2n) is 9.46. The monoisotopic (exact) mass is 552 g/mol. The molecule has 0 amide bonds. The Morgan fingerprint density at radius 2 is 1.84 bits per heavy atom. The minimum atomic E-state index is -5.08. The highest BCUT2D eigenvalue weighted by atomic mass is 32.2. The molecule has 3 N–H and O–H groups in total. The molecule has 3 aliphatic rings. The molecular weight excluding hydrogens is 517 g/mol. The topological polar surface area (TPSA) is 135 Å². The second kappa shape index (κ2) is 13.2. The SMILES string of the molecule is NCc1ccnc(OC[C@H]2C[C@H](C3CCCCC3)CN2S(=O)(=O)N2CCOCC2)c1.O=C(O)C(F)(F)F. The smallest absolute Gasteiger partial charge is 0.476 e. The molecule has 3 heterocycles. The number of carboxylic acids is 1. The Kier molecular flexibility index (Phi) is 10.5. The number of morpholine rings is 1. The van der Waals surface area contributed by atoms with Crippen molar-refractivity contribution in [1.29, 1.82) is 0 Å². The van der Waals surface area contributed by atoms with Crippen molar-refractivity contribution >= 4 is 16.2 Å². The average Bonchev–Trinajstić information content (AvgIpc) is 3.34. The van der Waals surface area contributed by atoms with Crippen molar-refractivity contribution in [1.82, 2.24) is 13.6 Å². The Morgan fingerprint density at radius 3 is 2.43 bits per heavy atom. The Morgan fingerprint density at radius 1 is 1.19 bits per heavy atom. The van der Waals surface area contributed by atoms with E-state index in [1.54, 1.807) is 14.8 Å². The van der Waals surface area contributed by atoms with Crippen LogP contribution in [0.25, 0.3) is 0 Å². The van der Waals surface area contributed by atoms with E-state index in [4.69, 9.17) is 25.1 Å². The summed E-state index contributed by atoms with van der Waals surface area (Å²) in [4.78, 5) is 13.2. The van der Waals surface area contributed by atoms with Crippen molar-refractivity contribution in [3.63, 3.8) is 0 Å². The third-order valence-electron chi connectivity index (χ3n) is 7.01. The molecule has 2 atom stereocenters. The van der Waals surface area contributed by atoms with Gasteiger partial charge in [-0.15, -0.1) is 0 Å². The van der Waals surface area contributed by atoms with Crippen LogP contribution in [0.4, 0.5) is 13.2 Å². The molecule has 1 aromatic heterocycles. The lowest BCUT2D eigenvalue weighted by molar-refractivity contribution is -0.192. The summed E-state index contributed by atoms with van der Waals surface area (Å²) in [6.07, 6.45) is 3.69. The van der Waals surface area contributed by atoms with Gasteiger partial charge in [-0.25, -0.2) is 9.78 Å². The second-order valence-corrected chi connectivity index (χ2v) is 11.3. The molecule has 1 aliphatic carbocycles. The molecule has 0 spiro atoms. The highest BCUT2D eigenvalue weighted by Gasteiger charge is 2.45. The molecule has 1 saturated carbocycles. The van der Waals surface area contributed by atoms with Crippen LogP contribution >= 0.6 is 0 Å². The first-order valence-corrected chi connectivity index (χ1v) is 13.8.